The van der Waals surface area contributed by atoms with Gasteiger partial charge >= 0.3 is 0 Å². The molecule has 4 heteroatoms. The van der Waals surface area contributed by atoms with Crippen LogP contribution in [0.25, 0.3) is 0 Å². The zero-order valence-electron chi connectivity index (χ0n) is 11.7. The van der Waals surface area contributed by atoms with E-state index in [2.05, 4.69) is 39.0 Å². The van der Waals surface area contributed by atoms with Crippen LogP contribution in [0.1, 0.15) is 16.7 Å². The molecular formula is C16H18BrN3. The van der Waals surface area contributed by atoms with Gasteiger partial charge in [0.2, 0.25) is 0 Å². The maximum atomic E-state index is 7.70. The molecule has 2 rings (SSSR count). The third kappa shape index (κ3) is 3.39. The summed E-state index contributed by atoms with van der Waals surface area (Å²) < 4.78 is 1.07. The summed E-state index contributed by atoms with van der Waals surface area (Å²) in [6.45, 7) is 2.81. The Kier molecular flexibility index (Phi) is 4.45. The Morgan fingerprint density at radius 1 is 1.25 bits per heavy atom. The molecule has 3 N–H and O–H groups in total. The van der Waals surface area contributed by atoms with E-state index in [1.165, 1.54) is 5.56 Å². The molecule has 20 heavy (non-hydrogen) atoms. The van der Waals surface area contributed by atoms with E-state index < -0.39 is 0 Å². The Morgan fingerprint density at radius 2 is 2.00 bits per heavy atom. The fraction of sp³-hybridized carbons (Fsp3) is 0.188. The summed E-state index contributed by atoms with van der Waals surface area (Å²) in [6, 6.07) is 14.2. The first-order valence-electron chi connectivity index (χ1n) is 6.38. The average Bonchev–Trinajstić information content (AvgIpc) is 2.38. The van der Waals surface area contributed by atoms with Crippen molar-refractivity contribution in [1.82, 2.24) is 0 Å². The van der Waals surface area contributed by atoms with E-state index in [1.54, 1.807) is 0 Å². The molecule has 0 aromatic heterocycles. The fourth-order valence-electron chi connectivity index (χ4n) is 2.18. The van der Waals surface area contributed by atoms with Crippen LogP contribution in [-0.2, 0) is 6.54 Å². The quantitative estimate of drug-likeness (QED) is 0.663. The molecule has 0 saturated heterocycles. The number of hydrogen-bond donors (Lipinski definition) is 2. The number of amidine groups is 1. The number of anilines is 1. The number of halogens is 1. The third-order valence-corrected chi connectivity index (χ3v) is 3.66. The largest absolute Gasteiger partial charge is 0.384 e. The Balaban J connectivity index is 2.31. The SMILES string of the molecule is Cc1ccc(C(=N)N)c(N(C)Cc2cccc(Br)c2)c1. The number of rotatable bonds is 4. The summed E-state index contributed by atoms with van der Waals surface area (Å²) in [4.78, 5) is 2.12. The highest BCUT2D eigenvalue weighted by atomic mass is 79.9. The first kappa shape index (κ1) is 14.6. The molecule has 0 bridgehead atoms. The smallest absolute Gasteiger partial charge is 0.124 e. The molecule has 2 aromatic rings. The van der Waals surface area contributed by atoms with Crippen LogP contribution in [0.15, 0.2) is 46.9 Å². The average molecular weight is 332 g/mol. The predicted octanol–water partition coefficient (Wildman–Crippen LogP) is 3.68. The molecule has 0 spiro atoms. The van der Waals surface area contributed by atoms with Gasteiger partial charge in [0.25, 0.3) is 0 Å². The third-order valence-electron chi connectivity index (χ3n) is 3.16. The zero-order valence-corrected chi connectivity index (χ0v) is 13.2. The van der Waals surface area contributed by atoms with Crippen LogP contribution in [0.4, 0.5) is 5.69 Å². The lowest BCUT2D eigenvalue weighted by Crippen LogP contribution is -2.22. The van der Waals surface area contributed by atoms with Crippen LogP contribution in [0.2, 0.25) is 0 Å². The van der Waals surface area contributed by atoms with Crippen molar-refractivity contribution < 1.29 is 0 Å². The van der Waals surface area contributed by atoms with E-state index in [9.17, 15) is 0 Å². The second-order valence-corrected chi connectivity index (χ2v) is 5.84. The zero-order chi connectivity index (χ0) is 14.7. The van der Waals surface area contributed by atoms with E-state index >= 15 is 0 Å². The second-order valence-electron chi connectivity index (χ2n) is 4.92. The second kappa shape index (κ2) is 6.09. The molecule has 0 aliphatic rings. The molecule has 0 radical (unpaired) electrons. The number of aryl methyl sites for hydroxylation is 1. The van der Waals surface area contributed by atoms with Gasteiger partial charge in [-0.1, -0.05) is 34.1 Å². The number of nitrogen functional groups attached to an aromatic ring is 1. The Morgan fingerprint density at radius 3 is 2.65 bits per heavy atom. The summed E-state index contributed by atoms with van der Waals surface area (Å²) in [6.07, 6.45) is 0. The summed E-state index contributed by atoms with van der Waals surface area (Å²) in [7, 11) is 2.02. The van der Waals surface area contributed by atoms with Crippen molar-refractivity contribution in [3.8, 4) is 0 Å². The predicted molar refractivity (Wildman–Crippen MR) is 88.4 cm³/mol. The molecule has 0 heterocycles. The number of hydrogen-bond acceptors (Lipinski definition) is 2. The number of benzene rings is 2. The van der Waals surface area contributed by atoms with Gasteiger partial charge in [0.15, 0.2) is 0 Å². The van der Waals surface area contributed by atoms with Gasteiger partial charge in [-0.15, -0.1) is 0 Å². The molecule has 0 amide bonds. The minimum absolute atomic E-state index is 0.0982. The van der Waals surface area contributed by atoms with Crippen LogP contribution >= 0.6 is 15.9 Å². The van der Waals surface area contributed by atoms with Gasteiger partial charge in [-0.05, 0) is 42.3 Å². The summed E-state index contributed by atoms with van der Waals surface area (Å²) in [5.74, 6) is 0.0982. The normalized spacial score (nSPS) is 10.3. The summed E-state index contributed by atoms with van der Waals surface area (Å²) >= 11 is 3.48. The first-order chi connectivity index (χ1) is 9.47. The fourth-order valence-corrected chi connectivity index (χ4v) is 2.63. The molecule has 0 atom stereocenters. The Labute approximate surface area is 128 Å². The van der Waals surface area contributed by atoms with Crippen molar-refractivity contribution in [2.75, 3.05) is 11.9 Å². The van der Waals surface area contributed by atoms with E-state index in [0.29, 0.717) is 0 Å². The van der Waals surface area contributed by atoms with Gasteiger partial charge in [-0.2, -0.15) is 0 Å². The molecule has 3 nitrogen and oxygen atoms in total. The van der Waals surface area contributed by atoms with Gasteiger partial charge in [-0.25, -0.2) is 0 Å². The molecule has 2 aromatic carbocycles. The Hall–Kier alpha value is -1.81. The maximum absolute atomic E-state index is 7.70. The number of nitrogens with one attached hydrogen (secondary N) is 1. The van der Waals surface area contributed by atoms with Crippen molar-refractivity contribution in [2.24, 2.45) is 5.73 Å². The highest BCUT2D eigenvalue weighted by molar-refractivity contribution is 9.10. The van der Waals surface area contributed by atoms with Crippen molar-refractivity contribution in [2.45, 2.75) is 13.5 Å². The topological polar surface area (TPSA) is 53.1 Å². The Bertz CT molecular complexity index is 637. The van der Waals surface area contributed by atoms with E-state index in [-0.39, 0.29) is 5.84 Å². The monoisotopic (exact) mass is 331 g/mol. The van der Waals surface area contributed by atoms with Crippen molar-refractivity contribution in [3.05, 3.63) is 63.6 Å². The first-order valence-corrected chi connectivity index (χ1v) is 7.17. The van der Waals surface area contributed by atoms with Crippen LogP contribution in [0, 0.1) is 12.3 Å². The lowest BCUT2D eigenvalue weighted by atomic mass is 10.1. The van der Waals surface area contributed by atoms with E-state index in [0.717, 1.165) is 27.8 Å². The summed E-state index contributed by atoms with van der Waals surface area (Å²) in [5.41, 5.74) is 9.79. The van der Waals surface area contributed by atoms with Crippen LogP contribution in [0.5, 0.6) is 0 Å². The van der Waals surface area contributed by atoms with Crippen LogP contribution < -0.4 is 10.6 Å². The van der Waals surface area contributed by atoms with E-state index in [1.807, 2.05) is 38.2 Å². The molecular weight excluding hydrogens is 314 g/mol. The van der Waals surface area contributed by atoms with Crippen molar-refractivity contribution >= 4 is 27.5 Å². The molecule has 0 unspecified atom stereocenters. The van der Waals surface area contributed by atoms with Crippen LogP contribution in [-0.4, -0.2) is 12.9 Å². The number of nitrogens with two attached hydrogens (primary N) is 1. The van der Waals surface area contributed by atoms with Gasteiger partial charge < -0.3 is 10.6 Å². The van der Waals surface area contributed by atoms with Gasteiger partial charge in [-0.3, -0.25) is 5.41 Å². The summed E-state index contributed by atoms with van der Waals surface area (Å²) in [5, 5.41) is 7.70. The van der Waals surface area contributed by atoms with Crippen molar-refractivity contribution in [3.63, 3.8) is 0 Å². The van der Waals surface area contributed by atoms with Gasteiger partial charge in [0, 0.05) is 29.3 Å². The van der Waals surface area contributed by atoms with Crippen LogP contribution in [0.3, 0.4) is 0 Å². The van der Waals surface area contributed by atoms with Gasteiger partial charge in [0.1, 0.15) is 5.84 Å². The molecule has 0 aliphatic carbocycles. The molecule has 104 valence electrons. The molecule has 0 saturated carbocycles. The van der Waals surface area contributed by atoms with Gasteiger partial charge in [0.05, 0.1) is 0 Å². The molecule has 0 aliphatic heterocycles. The van der Waals surface area contributed by atoms with E-state index in [4.69, 9.17) is 11.1 Å². The van der Waals surface area contributed by atoms with Crippen molar-refractivity contribution in [1.29, 1.82) is 5.41 Å². The minimum atomic E-state index is 0.0982. The number of nitrogens with zero attached hydrogens (tertiary/aromatic N) is 1. The minimum Gasteiger partial charge on any atom is -0.384 e. The standard InChI is InChI=1S/C16H18BrN3/c1-11-6-7-14(16(18)19)15(8-11)20(2)10-12-4-3-5-13(17)9-12/h3-9H,10H2,1-2H3,(H3,18,19). The lowest BCUT2D eigenvalue weighted by Gasteiger charge is -2.23. The maximum Gasteiger partial charge on any atom is 0.124 e. The highest BCUT2D eigenvalue weighted by Crippen LogP contribution is 2.23. The highest BCUT2D eigenvalue weighted by Gasteiger charge is 2.10. The lowest BCUT2D eigenvalue weighted by molar-refractivity contribution is 0.919. The molecule has 0 fully saturated rings.